The Bertz CT molecular complexity index is 1030. The van der Waals surface area contributed by atoms with E-state index in [1.807, 2.05) is 0 Å². The summed E-state index contributed by atoms with van der Waals surface area (Å²) in [5, 5.41) is 6.65. The highest BCUT2D eigenvalue weighted by molar-refractivity contribution is 7.92. The molecule has 3 N–H and O–H groups in total. The van der Waals surface area contributed by atoms with Crippen LogP contribution in [0.4, 0.5) is 11.4 Å². The van der Waals surface area contributed by atoms with Crippen LogP contribution in [0.3, 0.4) is 0 Å². The van der Waals surface area contributed by atoms with Crippen LogP contribution in [-0.2, 0) is 14.8 Å². The zero-order valence-electron chi connectivity index (χ0n) is 18.1. The van der Waals surface area contributed by atoms with Crippen molar-refractivity contribution < 1.29 is 22.6 Å². The first-order chi connectivity index (χ1) is 15.4. The molecule has 11 heteroatoms. The molecule has 0 aliphatic carbocycles. The molecule has 0 atom stereocenters. The summed E-state index contributed by atoms with van der Waals surface area (Å²) in [6.07, 6.45) is 0. The largest absolute Gasteiger partial charge is 0.495 e. The number of nitrogens with zero attached hydrogens (tertiary/aromatic N) is 1. The number of nitrogens with one attached hydrogen (secondary N) is 3. The summed E-state index contributed by atoms with van der Waals surface area (Å²) in [5.74, 6) is 0.778. The topological polar surface area (TPSA) is 101 Å². The average Bonchev–Trinajstić information content (AvgIpc) is 2.80. The molecular weight excluding hydrogens is 452 g/mol. The molecule has 174 valence electrons. The fourth-order valence-electron chi connectivity index (χ4n) is 3.19. The van der Waals surface area contributed by atoms with Crippen molar-refractivity contribution in [2.24, 2.45) is 0 Å². The Morgan fingerprint density at radius 1 is 1.06 bits per heavy atom. The molecule has 1 fully saturated rings. The second-order valence-corrected chi connectivity index (χ2v) is 9.09. The Morgan fingerprint density at radius 3 is 2.50 bits per heavy atom. The van der Waals surface area contributed by atoms with Crippen LogP contribution in [0.2, 0.25) is 0 Å². The Hall–Kier alpha value is -2.60. The van der Waals surface area contributed by atoms with Gasteiger partial charge in [0.25, 0.3) is 10.0 Å². The number of hydrogen-bond donors (Lipinski definition) is 3. The Balaban J connectivity index is 1.63. The summed E-state index contributed by atoms with van der Waals surface area (Å²) in [7, 11) is -0.900. The highest BCUT2D eigenvalue weighted by Gasteiger charge is 2.19. The first-order valence-electron chi connectivity index (χ1n) is 10.1. The van der Waals surface area contributed by atoms with Gasteiger partial charge in [0.15, 0.2) is 5.11 Å². The predicted octanol–water partition coefficient (Wildman–Crippen LogP) is 2.12. The minimum atomic E-state index is -3.85. The highest BCUT2D eigenvalue weighted by Crippen LogP contribution is 2.30. The minimum Gasteiger partial charge on any atom is -0.495 e. The van der Waals surface area contributed by atoms with Crippen molar-refractivity contribution in [1.29, 1.82) is 0 Å². The van der Waals surface area contributed by atoms with Crippen LogP contribution in [0.1, 0.15) is 0 Å². The van der Waals surface area contributed by atoms with Crippen LogP contribution < -0.4 is 24.8 Å². The molecule has 9 nitrogen and oxygen atoms in total. The summed E-state index contributed by atoms with van der Waals surface area (Å²) in [6, 6.07) is 11.3. The van der Waals surface area contributed by atoms with Gasteiger partial charge in [0.1, 0.15) is 11.5 Å². The average molecular weight is 481 g/mol. The van der Waals surface area contributed by atoms with Crippen LogP contribution in [0.15, 0.2) is 47.4 Å². The van der Waals surface area contributed by atoms with E-state index < -0.39 is 10.0 Å². The van der Waals surface area contributed by atoms with Gasteiger partial charge in [-0.15, -0.1) is 0 Å². The first kappa shape index (κ1) is 24.1. The fraction of sp³-hybridized carbons (Fsp3) is 0.381. The molecule has 1 aliphatic heterocycles. The molecule has 2 aromatic carbocycles. The van der Waals surface area contributed by atoms with E-state index in [9.17, 15) is 8.42 Å². The molecule has 2 aromatic rings. The van der Waals surface area contributed by atoms with Crippen molar-refractivity contribution in [2.45, 2.75) is 4.90 Å². The van der Waals surface area contributed by atoms with Gasteiger partial charge < -0.3 is 24.8 Å². The molecule has 0 bridgehead atoms. The number of para-hydroxylation sites is 2. The minimum absolute atomic E-state index is 0.0528. The van der Waals surface area contributed by atoms with E-state index in [2.05, 4.69) is 20.3 Å². The molecule has 32 heavy (non-hydrogen) atoms. The number of rotatable bonds is 9. The molecule has 0 unspecified atom stereocenters. The summed E-state index contributed by atoms with van der Waals surface area (Å²) in [6.45, 7) is 4.86. The second kappa shape index (κ2) is 11.3. The molecule has 0 radical (unpaired) electrons. The van der Waals surface area contributed by atoms with Gasteiger partial charge in [-0.25, -0.2) is 8.42 Å². The van der Waals surface area contributed by atoms with Crippen molar-refractivity contribution in [1.82, 2.24) is 10.2 Å². The quantitative estimate of drug-likeness (QED) is 0.466. The zero-order chi connectivity index (χ0) is 23.0. The smallest absolute Gasteiger partial charge is 0.262 e. The molecule has 0 amide bonds. The number of benzene rings is 2. The van der Waals surface area contributed by atoms with Crippen LogP contribution in [-0.4, -0.2) is 72.0 Å². The fourth-order valence-corrected chi connectivity index (χ4v) is 4.49. The van der Waals surface area contributed by atoms with Gasteiger partial charge in [-0.3, -0.25) is 9.62 Å². The van der Waals surface area contributed by atoms with Crippen LogP contribution in [0.5, 0.6) is 11.5 Å². The van der Waals surface area contributed by atoms with E-state index in [0.717, 1.165) is 32.8 Å². The SMILES string of the molecule is COc1cc(S(=O)(=O)Nc2ccccc2OC)ccc1NC(=S)NCCN1CCOCC1. The van der Waals surface area contributed by atoms with Crippen molar-refractivity contribution in [3.8, 4) is 11.5 Å². The van der Waals surface area contributed by atoms with Crippen LogP contribution >= 0.6 is 12.2 Å². The van der Waals surface area contributed by atoms with Crippen molar-refractivity contribution in [3.05, 3.63) is 42.5 Å². The molecule has 0 saturated carbocycles. The number of hydrogen-bond acceptors (Lipinski definition) is 7. The van der Waals surface area contributed by atoms with E-state index >= 15 is 0 Å². The summed E-state index contributed by atoms with van der Waals surface area (Å²) >= 11 is 5.37. The van der Waals surface area contributed by atoms with Gasteiger partial charge in [-0.05, 0) is 36.5 Å². The lowest BCUT2D eigenvalue weighted by Gasteiger charge is -2.26. The third-order valence-corrected chi connectivity index (χ3v) is 6.51. The standard InChI is InChI=1S/C21H28N4O5S2/c1-28-19-6-4-3-5-18(19)24-32(26,27)16-7-8-17(20(15-16)29-2)23-21(31)22-9-10-25-11-13-30-14-12-25/h3-8,15,24H,9-14H2,1-2H3,(H2,22,23,31). The molecule has 1 saturated heterocycles. The number of thiocarbonyl (C=S) groups is 1. The van der Waals surface area contributed by atoms with E-state index in [-0.39, 0.29) is 4.90 Å². The van der Waals surface area contributed by atoms with Crippen molar-refractivity contribution in [2.75, 3.05) is 63.7 Å². The van der Waals surface area contributed by atoms with Gasteiger partial charge in [0.2, 0.25) is 0 Å². The summed E-state index contributed by atoms with van der Waals surface area (Å²) in [5.41, 5.74) is 0.912. The molecule has 0 aromatic heterocycles. The van der Waals surface area contributed by atoms with Gasteiger partial charge in [0.05, 0.1) is 43.7 Å². The third kappa shape index (κ3) is 6.45. The van der Waals surface area contributed by atoms with E-state index in [4.69, 9.17) is 26.4 Å². The first-order valence-corrected chi connectivity index (χ1v) is 12.0. The van der Waals surface area contributed by atoms with E-state index in [1.54, 1.807) is 30.3 Å². The van der Waals surface area contributed by atoms with Crippen molar-refractivity contribution in [3.63, 3.8) is 0 Å². The molecule has 0 spiro atoms. The van der Waals surface area contributed by atoms with Gasteiger partial charge in [0, 0.05) is 32.2 Å². The van der Waals surface area contributed by atoms with Gasteiger partial charge >= 0.3 is 0 Å². The van der Waals surface area contributed by atoms with Crippen molar-refractivity contribution >= 4 is 38.7 Å². The van der Waals surface area contributed by atoms with Gasteiger partial charge in [-0.1, -0.05) is 12.1 Å². The molecule has 3 rings (SSSR count). The predicted molar refractivity (Wildman–Crippen MR) is 128 cm³/mol. The second-order valence-electron chi connectivity index (χ2n) is 7.00. The number of morpholine rings is 1. The van der Waals surface area contributed by atoms with E-state index in [0.29, 0.717) is 34.5 Å². The van der Waals surface area contributed by atoms with E-state index in [1.165, 1.54) is 26.4 Å². The van der Waals surface area contributed by atoms with Crippen LogP contribution in [0, 0.1) is 0 Å². The third-order valence-electron chi connectivity index (χ3n) is 4.90. The lowest BCUT2D eigenvalue weighted by molar-refractivity contribution is 0.0389. The van der Waals surface area contributed by atoms with Crippen LogP contribution in [0.25, 0.3) is 0 Å². The van der Waals surface area contributed by atoms with Gasteiger partial charge in [-0.2, -0.15) is 0 Å². The molecular formula is C21H28N4O5S2. The monoisotopic (exact) mass is 480 g/mol. The number of methoxy groups -OCH3 is 2. The lowest BCUT2D eigenvalue weighted by Crippen LogP contribution is -2.42. The maximum atomic E-state index is 12.9. The highest BCUT2D eigenvalue weighted by atomic mass is 32.2. The lowest BCUT2D eigenvalue weighted by atomic mass is 10.3. The Labute approximate surface area is 194 Å². The maximum Gasteiger partial charge on any atom is 0.262 e. The molecule has 1 aliphatic rings. The summed E-state index contributed by atoms with van der Waals surface area (Å²) < 4.78 is 44.2. The zero-order valence-corrected chi connectivity index (χ0v) is 19.7. The number of ether oxygens (including phenoxy) is 3. The Morgan fingerprint density at radius 2 is 1.78 bits per heavy atom. The maximum absolute atomic E-state index is 12.9. The molecule has 1 heterocycles. The summed E-state index contributed by atoms with van der Waals surface area (Å²) in [4.78, 5) is 2.35. The number of sulfonamides is 1. The number of anilines is 2. The Kier molecular flexibility index (Phi) is 8.51. The normalized spacial score (nSPS) is 14.4.